The molecule has 1 atom stereocenters. The SMILES string of the molecule is CCOC(=O)Cc1ccccc1N1CC(CN)CC1=O. The highest BCUT2D eigenvalue weighted by Crippen LogP contribution is 2.28. The van der Waals surface area contributed by atoms with Crippen LogP contribution in [0.2, 0.25) is 0 Å². The van der Waals surface area contributed by atoms with Crippen LogP contribution in [0.5, 0.6) is 0 Å². The largest absolute Gasteiger partial charge is 0.466 e. The van der Waals surface area contributed by atoms with Crippen molar-refractivity contribution in [2.75, 3.05) is 24.6 Å². The molecular formula is C15H20N2O3. The highest BCUT2D eigenvalue weighted by Gasteiger charge is 2.30. The minimum Gasteiger partial charge on any atom is -0.466 e. The Morgan fingerprint density at radius 1 is 1.45 bits per heavy atom. The summed E-state index contributed by atoms with van der Waals surface area (Å²) in [6.45, 7) is 3.26. The molecule has 1 unspecified atom stereocenters. The molecule has 5 heteroatoms. The van der Waals surface area contributed by atoms with Crippen molar-refractivity contribution in [1.29, 1.82) is 0 Å². The lowest BCUT2D eigenvalue weighted by Crippen LogP contribution is -2.27. The topological polar surface area (TPSA) is 72.6 Å². The molecule has 1 saturated heterocycles. The molecule has 5 nitrogen and oxygen atoms in total. The molecule has 1 amide bonds. The fraction of sp³-hybridized carbons (Fsp3) is 0.467. The zero-order valence-corrected chi connectivity index (χ0v) is 11.7. The van der Waals surface area contributed by atoms with Gasteiger partial charge in [-0.05, 0) is 31.0 Å². The van der Waals surface area contributed by atoms with E-state index in [2.05, 4.69) is 0 Å². The quantitative estimate of drug-likeness (QED) is 0.817. The average Bonchev–Trinajstić information content (AvgIpc) is 2.81. The summed E-state index contributed by atoms with van der Waals surface area (Å²) in [5.74, 6) is -0.0168. The number of esters is 1. The molecule has 1 aromatic carbocycles. The number of benzene rings is 1. The molecule has 1 heterocycles. The van der Waals surface area contributed by atoms with Gasteiger partial charge in [0.05, 0.1) is 13.0 Å². The van der Waals surface area contributed by atoms with Crippen molar-refractivity contribution in [2.24, 2.45) is 11.7 Å². The predicted octanol–water partition coefficient (Wildman–Crippen LogP) is 1.10. The van der Waals surface area contributed by atoms with Crippen LogP contribution in [-0.4, -0.2) is 31.6 Å². The summed E-state index contributed by atoms with van der Waals surface area (Å²) in [5.41, 5.74) is 7.25. The van der Waals surface area contributed by atoms with Gasteiger partial charge in [0, 0.05) is 18.7 Å². The molecule has 0 spiro atoms. The lowest BCUT2D eigenvalue weighted by Gasteiger charge is -2.20. The van der Waals surface area contributed by atoms with Gasteiger partial charge in [-0.3, -0.25) is 9.59 Å². The molecule has 20 heavy (non-hydrogen) atoms. The van der Waals surface area contributed by atoms with Gasteiger partial charge in [0.2, 0.25) is 5.91 Å². The van der Waals surface area contributed by atoms with Crippen LogP contribution in [0, 0.1) is 5.92 Å². The number of rotatable bonds is 5. The summed E-state index contributed by atoms with van der Waals surface area (Å²) in [5, 5.41) is 0. The van der Waals surface area contributed by atoms with E-state index in [1.54, 1.807) is 11.8 Å². The number of carbonyl (C=O) groups excluding carboxylic acids is 2. The first-order valence-corrected chi connectivity index (χ1v) is 6.89. The third-order valence-electron chi connectivity index (χ3n) is 3.46. The van der Waals surface area contributed by atoms with Crippen LogP contribution in [0.3, 0.4) is 0 Å². The van der Waals surface area contributed by atoms with E-state index in [1.807, 2.05) is 24.3 Å². The number of hydrogen-bond acceptors (Lipinski definition) is 4. The maximum absolute atomic E-state index is 12.1. The molecule has 0 bridgehead atoms. The molecule has 108 valence electrons. The van der Waals surface area contributed by atoms with E-state index in [9.17, 15) is 9.59 Å². The molecular weight excluding hydrogens is 256 g/mol. The Labute approximate surface area is 118 Å². The van der Waals surface area contributed by atoms with Gasteiger partial charge >= 0.3 is 5.97 Å². The number of hydrogen-bond donors (Lipinski definition) is 1. The Morgan fingerprint density at radius 2 is 2.20 bits per heavy atom. The van der Waals surface area contributed by atoms with E-state index >= 15 is 0 Å². The van der Waals surface area contributed by atoms with Crippen LogP contribution in [-0.2, 0) is 20.7 Å². The van der Waals surface area contributed by atoms with Crippen LogP contribution in [0.15, 0.2) is 24.3 Å². The van der Waals surface area contributed by atoms with Gasteiger partial charge in [-0.1, -0.05) is 18.2 Å². The summed E-state index contributed by atoms with van der Waals surface area (Å²) in [7, 11) is 0. The van der Waals surface area contributed by atoms with Crippen LogP contribution in [0.1, 0.15) is 18.9 Å². The molecule has 2 rings (SSSR count). The second-order valence-corrected chi connectivity index (χ2v) is 4.92. The molecule has 1 aliphatic heterocycles. The van der Waals surface area contributed by atoms with E-state index < -0.39 is 0 Å². The number of nitrogens with zero attached hydrogens (tertiary/aromatic N) is 1. The minimum atomic E-state index is -0.276. The van der Waals surface area contributed by atoms with Gasteiger partial charge in [-0.25, -0.2) is 0 Å². The lowest BCUT2D eigenvalue weighted by molar-refractivity contribution is -0.142. The van der Waals surface area contributed by atoms with Gasteiger partial charge in [0.1, 0.15) is 0 Å². The second kappa shape index (κ2) is 6.52. The summed E-state index contributed by atoms with van der Waals surface area (Å²) in [4.78, 5) is 25.4. The number of ether oxygens (including phenoxy) is 1. The summed E-state index contributed by atoms with van der Waals surface area (Å²) >= 11 is 0. The Hall–Kier alpha value is -1.88. The Morgan fingerprint density at radius 3 is 2.85 bits per heavy atom. The summed E-state index contributed by atoms with van der Waals surface area (Å²) in [6.07, 6.45) is 0.658. The van der Waals surface area contributed by atoms with Crippen molar-refractivity contribution < 1.29 is 14.3 Å². The Balaban J connectivity index is 2.19. The fourth-order valence-electron chi connectivity index (χ4n) is 2.46. The Kier molecular flexibility index (Phi) is 4.74. The van der Waals surface area contributed by atoms with E-state index in [-0.39, 0.29) is 24.2 Å². The van der Waals surface area contributed by atoms with Crippen molar-refractivity contribution in [3.8, 4) is 0 Å². The van der Waals surface area contributed by atoms with E-state index in [4.69, 9.17) is 10.5 Å². The van der Waals surface area contributed by atoms with Crippen LogP contribution < -0.4 is 10.6 Å². The predicted molar refractivity (Wildman–Crippen MR) is 76.3 cm³/mol. The van der Waals surface area contributed by atoms with Gasteiger partial charge < -0.3 is 15.4 Å². The number of para-hydroxylation sites is 1. The third kappa shape index (κ3) is 3.17. The van der Waals surface area contributed by atoms with Crippen molar-refractivity contribution in [3.05, 3.63) is 29.8 Å². The highest BCUT2D eigenvalue weighted by molar-refractivity contribution is 5.97. The summed E-state index contributed by atoms with van der Waals surface area (Å²) in [6, 6.07) is 7.45. The number of amides is 1. The number of anilines is 1. The first-order chi connectivity index (χ1) is 9.65. The van der Waals surface area contributed by atoms with Gasteiger partial charge in [-0.15, -0.1) is 0 Å². The van der Waals surface area contributed by atoms with Crippen molar-refractivity contribution in [1.82, 2.24) is 0 Å². The van der Waals surface area contributed by atoms with Crippen LogP contribution in [0.4, 0.5) is 5.69 Å². The summed E-state index contributed by atoms with van der Waals surface area (Å²) < 4.78 is 4.97. The van der Waals surface area contributed by atoms with E-state index in [0.29, 0.717) is 26.1 Å². The first kappa shape index (κ1) is 14.5. The zero-order valence-electron chi connectivity index (χ0n) is 11.7. The van der Waals surface area contributed by atoms with E-state index in [0.717, 1.165) is 11.3 Å². The fourth-order valence-corrected chi connectivity index (χ4v) is 2.46. The lowest BCUT2D eigenvalue weighted by atomic mass is 10.1. The maximum Gasteiger partial charge on any atom is 0.310 e. The molecule has 1 aromatic rings. The van der Waals surface area contributed by atoms with Crippen LogP contribution >= 0.6 is 0 Å². The molecule has 0 aromatic heterocycles. The molecule has 1 fully saturated rings. The molecule has 1 aliphatic rings. The van der Waals surface area contributed by atoms with Gasteiger partial charge in [0.25, 0.3) is 0 Å². The van der Waals surface area contributed by atoms with Gasteiger partial charge in [0.15, 0.2) is 0 Å². The molecule has 2 N–H and O–H groups in total. The average molecular weight is 276 g/mol. The van der Waals surface area contributed by atoms with Crippen molar-refractivity contribution in [3.63, 3.8) is 0 Å². The normalized spacial score (nSPS) is 18.4. The molecule has 0 aliphatic carbocycles. The van der Waals surface area contributed by atoms with Crippen molar-refractivity contribution >= 4 is 17.6 Å². The first-order valence-electron chi connectivity index (χ1n) is 6.89. The van der Waals surface area contributed by atoms with Crippen LogP contribution in [0.25, 0.3) is 0 Å². The minimum absolute atomic E-state index is 0.0664. The zero-order chi connectivity index (χ0) is 14.5. The smallest absolute Gasteiger partial charge is 0.310 e. The van der Waals surface area contributed by atoms with E-state index in [1.165, 1.54) is 0 Å². The van der Waals surface area contributed by atoms with Crippen molar-refractivity contribution in [2.45, 2.75) is 19.8 Å². The molecule has 0 saturated carbocycles. The second-order valence-electron chi connectivity index (χ2n) is 4.92. The number of carbonyl (C=O) groups is 2. The monoisotopic (exact) mass is 276 g/mol. The maximum atomic E-state index is 12.1. The van der Waals surface area contributed by atoms with Gasteiger partial charge in [-0.2, -0.15) is 0 Å². The number of nitrogens with two attached hydrogens (primary N) is 1. The molecule has 0 radical (unpaired) electrons. The standard InChI is InChI=1S/C15H20N2O3/c1-2-20-15(19)8-12-5-3-4-6-13(12)17-10-11(9-16)7-14(17)18/h3-6,11H,2,7-10,16H2,1H3. The Bertz CT molecular complexity index is 502. The third-order valence-corrected chi connectivity index (χ3v) is 3.46. The highest BCUT2D eigenvalue weighted by atomic mass is 16.5.